The molecule has 20 heavy (non-hydrogen) atoms. The van der Waals surface area contributed by atoms with E-state index in [1.165, 1.54) is 0 Å². The molecule has 0 radical (unpaired) electrons. The monoisotopic (exact) mass is 297 g/mol. The Kier molecular flexibility index (Phi) is 6.76. The normalized spacial score (nSPS) is 13.3. The second-order valence-corrected chi connectivity index (χ2v) is 7.49. The van der Waals surface area contributed by atoms with Crippen LogP contribution in [-0.2, 0) is 5.41 Å². The maximum absolute atomic E-state index is 9.01. The van der Waals surface area contributed by atoms with Gasteiger partial charge in [0.25, 0.3) is 0 Å². The molecule has 114 valence electrons. The van der Waals surface area contributed by atoms with Crippen molar-refractivity contribution in [2.75, 3.05) is 18.5 Å². The van der Waals surface area contributed by atoms with Crippen molar-refractivity contribution in [3.63, 3.8) is 0 Å². The largest absolute Gasteiger partial charge is 0.396 e. The summed E-state index contributed by atoms with van der Waals surface area (Å²) in [5.41, 5.74) is -0.0700. The summed E-state index contributed by atoms with van der Waals surface area (Å²) < 4.78 is 0. The fraction of sp³-hybridized carbons (Fsp3) is 0.733. The summed E-state index contributed by atoms with van der Waals surface area (Å²) in [6.07, 6.45) is 1.84. The van der Waals surface area contributed by atoms with Crippen LogP contribution in [0.5, 0.6) is 0 Å². The highest BCUT2D eigenvalue weighted by Gasteiger charge is 2.19. The van der Waals surface area contributed by atoms with E-state index in [2.05, 4.69) is 49.9 Å². The van der Waals surface area contributed by atoms with E-state index in [4.69, 9.17) is 5.11 Å². The van der Waals surface area contributed by atoms with Crippen molar-refractivity contribution < 1.29 is 5.11 Å². The Morgan fingerprint density at radius 3 is 2.60 bits per heavy atom. The van der Waals surface area contributed by atoms with E-state index in [1.54, 1.807) is 11.8 Å². The Balaban J connectivity index is 2.97. The van der Waals surface area contributed by atoms with Gasteiger partial charge in [0.2, 0.25) is 0 Å². The first-order valence-corrected chi connectivity index (χ1v) is 8.15. The van der Waals surface area contributed by atoms with Crippen molar-refractivity contribution in [3.8, 4) is 0 Å². The lowest BCUT2D eigenvalue weighted by Crippen LogP contribution is -2.18. The third-order valence-corrected chi connectivity index (χ3v) is 3.88. The van der Waals surface area contributed by atoms with Crippen molar-refractivity contribution >= 4 is 17.6 Å². The highest BCUT2D eigenvalue weighted by atomic mass is 32.2. The molecule has 1 rings (SSSR count). The molecule has 1 heterocycles. The predicted molar refractivity (Wildman–Crippen MR) is 86.5 cm³/mol. The van der Waals surface area contributed by atoms with Crippen LogP contribution in [0.25, 0.3) is 0 Å². The van der Waals surface area contributed by atoms with Crippen LogP contribution in [-0.4, -0.2) is 33.5 Å². The second kappa shape index (κ2) is 7.84. The molecule has 0 aliphatic heterocycles. The smallest absolute Gasteiger partial charge is 0.137 e. The van der Waals surface area contributed by atoms with Gasteiger partial charge in [0.15, 0.2) is 0 Å². The summed E-state index contributed by atoms with van der Waals surface area (Å²) in [6.45, 7) is 11.7. The van der Waals surface area contributed by atoms with Gasteiger partial charge in [-0.3, -0.25) is 0 Å². The molecule has 0 bridgehead atoms. The molecule has 1 atom stereocenters. The molecule has 1 aromatic rings. The van der Waals surface area contributed by atoms with Gasteiger partial charge in [-0.2, -0.15) is 0 Å². The van der Waals surface area contributed by atoms with Gasteiger partial charge in [0.1, 0.15) is 16.7 Å². The van der Waals surface area contributed by atoms with Gasteiger partial charge in [0.05, 0.1) is 0 Å². The van der Waals surface area contributed by atoms with Crippen LogP contribution in [0.15, 0.2) is 11.1 Å². The van der Waals surface area contributed by atoms with Crippen molar-refractivity contribution in [1.82, 2.24) is 9.97 Å². The summed E-state index contributed by atoms with van der Waals surface area (Å²) in [5.74, 6) is 1.75. The van der Waals surface area contributed by atoms with Gasteiger partial charge in [0, 0.05) is 29.9 Å². The molecule has 1 unspecified atom stereocenters. The average Bonchev–Trinajstić information content (AvgIpc) is 2.35. The van der Waals surface area contributed by atoms with Crippen LogP contribution in [0.3, 0.4) is 0 Å². The predicted octanol–water partition coefficient (Wildman–Crippen LogP) is 3.46. The average molecular weight is 297 g/mol. The molecular weight excluding hydrogens is 270 g/mol. The van der Waals surface area contributed by atoms with E-state index in [-0.39, 0.29) is 12.0 Å². The van der Waals surface area contributed by atoms with Crippen molar-refractivity contribution in [3.05, 3.63) is 11.9 Å². The standard InChI is InChI=1S/C15H27N3OS/c1-6-8-16-12-10-13(20-11(2)7-9-19)18-14(17-12)15(3,4)5/h10-11,19H,6-9H2,1-5H3,(H,16,17,18). The van der Waals surface area contributed by atoms with Crippen LogP contribution in [0, 0.1) is 0 Å². The highest BCUT2D eigenvalue weighted by Crippen LogP contribution is 2.28. The lowest BCUT2D eigenvalue weighted by atomic mass is 9.96. The first-order chi connectivity index (χ1) is 9.36. The Hall–Kier alpha value is -0.810. The number of nitrogens with zero attached hydrogens (tertiary/aromatic N) is 2. The van der Waals surface area contributed by atoms with Crippen LogP contribution in [0.2, 0.25) is 0 Å². The SMILES string of the molecule is CCCNc1cc(SC(C)CCO)nc(C(C)(C)C)n1. The van der Waals surface area contributed by atoms with Crippen LogP contribution >= 0.6 is 11.8 Å². The summed E-state index contributed by atoms with van der Waals surface area (Å²) >= 11 is 1.69. The number of anilines is 1. The van der Waals surface area contributed by atoms with E-state index < -0.39 is 0 Å². The zero-order valence-corrected chi connectivity index (χ0v) is 14.0. The number of aliphatic hydroxyl groups is 1. The summed E-state index contributed by atoms with van der Waals surface area (Å²) in [7, 11) is 0. The topological polar surface area (TPSA) is 58.0 Å². The van der Waals surface area contributed by atoms with E-state index in [1.807, 2.05) is 6.07 Å². The minimum absolute atomic E-state index is 0.0700. The second-order valence-electron chi connectivity index (χ2n) is 6.03. The Labute approximate surface area is 126 Å². The lowest BCUT2D eigenvalue weighted by Gasteiger charge is -2.19. The molecule has 4 nitrogen and oxygen atoms in total. The zero-order chi connectivity index (χ0) is 15.2. The molecule has 1 aromatic heterocycles. The van der Waals surface area contributed by atoms with Crippen LogP contribution < -0.4 is 5.32 Å². The molecule has 0 spiro atoms. The fourth-order valence-corrected chi connectivity index (χ4v) is 2.57. The van der Waals surface area contributed by atoms with E-state index in [9.17, 15) is 0 Å². The van der Waals surface area contributed by atoms with E-state index in [0.717, 1.165) is 36.1 Å². The molecule has 0 saturated carbocycles. The Morgan fingerprint density at radius 1 is 1.35 bits per heavy atom. The number of nitrogens with one attached hydrogen (secondary N) is 1. The number of thioether (sulfide) groups is 1. The summed E-state index contributed by atoms with van der Waals surface area (Å²) in [5, 5.41) is 13.7. The molecule has 0 fully saturated rings. The molecule has 2 N–H and O–H groups in total. The Bertz CT molecular complexity index is 418. The number of hydrogen-bond acceptors (Lipinski definition) is 5. The lowest BCUT2D eigenvalue weighted by molar-refractivity contribution is 0.289. The molecule has 5 heteroatoms. The minimum Gasteiger partial charge on any atom is -0.396 e. The van der Waals surface area contributed by atoms with Crippen LogP contribution in [0.1, 0.15) is 53.3 Å². The molecule has 0 aromatic carbocycles. The van der Waals surface area contributed by atoms with Crippen molar-refractivity contribution in [1.29, 1.82) is 0 Å². The number of rotatable bonds is 7. The van der Waals surface area contributed by atoms with Crippen molar-refractivity contribution in [2.24, 2.45) is 0 Å². The van der Waals surface area contributed by atoms with E-state index >= 15 is 0 Å². The number of aliphatic hydroxyl groups excluding tert-OH is 1. The number of hydrogen-bond donors (Lipinski definition) is 2. The summed E-state index contributed by atoms with van der Waals surface area (Å²) in [4.78, 5) is 9.28. The third-order valence-electron chi connectivity index (χ3n) is 2.79. The van der Waals surface area contributed by atoms with Crippen molar-refractivity contribution in [2.45, 2.75) is 63.2 Å². The molecule has 0 aliphatic carbocycles. The fourth-order valence-electron chi connectivity index (χ4n) is 1.61. The van der Waals surface area contributed by atoms with Gasteiger partial charge < -0.3 is 10.4 Å². The molecular formula is C15H27N3OS. The molecule has 0 amide bonds. The van der Waals surface area contributed by atoms with Gasteiger partial charge in [-0.05, 0) is 12.8 Å². The quantitative estimate of drug-likeness (QED) is 0.596. The first-order valence-electron chi connectivity index (χ1n) is 7.27. The molecule has 0 saturated heterocycles. The number of aromatic nitrogens is 2. The summed E-state index contributed by atoms with van der Waals surface area (Å²) in [6, 6.07) is 2.00. The minimum atomic E-state index is -0.0700. The highest BCUT2D eigenvalue weighted by molar-refractivity contribution is 7.99. The first kappa shape index (κ1) is 17.2. The van der Waals surface area contributed by atoms with Gasteiger partial charge in [-0.1, -0.05) is 34.6 Å². The molecule has 0 aliphatic rings. The zero-order valence-electron chi connectivity index (χ0n) is 13.2. The maximum atomic E-state index is 9.01. The third kappa shape index (κ3) is 5.67. The van der Waals surface area contributed by atoms with Gasteiger partial charge >= 0.3 is 0 Å². The van der Waals surface area contributed by atoms with Crippen LogP contribution in [0.4, 0.5) is 5.82 Å². The van der Waals surface area contributed by atoms with Gasteiger partial charge in [-0.15, -0.1) is 11.8 Å². The maximum Gasteiger partial charge on any atom is 0.137 e. The Morgan fingerprint density at radius 2 is 2.05 bits per heavy atom. The van der Waals surface area contributed by atoms with Gasteiger partial charge in [-0.25, -0.2) is 9.97 Å². The van der Waals surface area contributed by atoms with E-state index in [0.29, 0.717) is 5.25 Å².